The van der Waals surface area contributed by atoms with Crippen LogP contribution in [0.2, 0.25) is 10.0 Å². The van der Waals surface area contributed by atoms with Crippen molar-refractivity contribution < 1.29 is 22.3 Å². The van der Waals surface area contributed by atoms with E-state index in [0.29, 0.717) is 0 Å². The SMILES string of the molecule is CN(C(=O)c1cc(S(=O)(=O)N2CCOCC2)c(Cl)cc1Cl)c1ccccc1F. The van der Waals surface area contributed by atoms with Crippen molar-refractivity contribution in [3.8, 4) is 0 Å². The van der Waals surface area contributed by atoms with Crippen molar-refractivity contribution in [2.45, 2.75) is 4.90 Å². The minimum atomic E-state index is -3.95. The summed E-state index contributed by atoms with van der Waals surface area (Å²) in [4.78, 5) is 13.7. The lowest BCUT2D eigenvalue weighted by atomic mass is 10.2. The molecule has 150 valence electrons. The zero-order valence-electron chi connectivity index (χ0n) is 14.9. The number of rotatable bonds is 4. The molecule has 1 heterocycles. The Hall–Kier alpha value is -1.71. The molecule has 0 radical (unpaired) electrons. The fraction of sp³-hybridized carbons (Fsp3) is 0.278. The summed E-state index contributed by atoms with van der Waals surface area (Å²) in [6, 6.07) is 8.08. The highest BCUT2D eigenvalue weighted by Gasteiger charge is 2.31. The maximum absolute atomic E-state index is 14.0. The molecular formula is C18H17Cl2FN2O4S. The number of morpholine rings is 1. The Bertz CT molecular complexity index is 1010. The Balaban J connectivity index is 2.02. The first kappa shape index (κ1) is 21.0. The van der Waals surface area contributed by atoms with Gasteiger partial charge < -0.3 is 9.64 Å². The molecule has 0 spiro atoms. The second-order valence-corrected chi connectivity index (χ2v) is 8.82. The molecule has 0 unspecified atom stereocenters. The predicted octanol–water partition coefficient (Wildman–Crippen LogP) is 3.43. The number of anilines is 1. The first-order chi connectivity index (χ1) is 13.2. The van der Waals surface area contributed by atoms with E-state index in [1.165, 1.54) is 35.6 Å². The largest absolute Gasteiger partial charge is 0.379 e. The van der Waals surface area contributed by atoms with Crippen LogP contribution >= 0.6 is 23.2 Å². The van der Waals surface area contributed by atoms with Gasteiger partial charge in [-0.15, -0.1) is 0 Å². The average Bonchev–Trinajstić information content (AvgIpc) is 2.68. The fourth-order valence-electron chi connectivity index (χ4n) is 2.83. The van der Waals surface area contributed by atoms with Gasteiger partial charge in [0.05, 0.1) is 34.5 Å². The van der Waals surface area contributed by atoms with E-state index in [4.69, 9.17) is 27.9 Å². The van der Waals surface area contributed by atoms with Gasteiger partial charge in [0, 0.05) is 20.1 Å². The van der Waals surface area contributed by atoms with E-state index in [1.54, 1.807) is 6.07 Å². The number of carbonyl (C=O) groups excluding carboxylic acids is 1. The van der Waals surface area contributed by atoms with E-state index in [2.05, 4.69) is 0 Å². The Kier molecular flexibility index (Phi) is 6.26. The van der Waals surface area contributed by atoms with Crippen LogP contribution in [0.4, 0.5) is 10.1 Å². The molecule has 0 aliphatic carbocycles. The summed E-state index contributed by atoms with van der Waals surface area (Å²) in [5.74, 6) is -1.25. The smallest absolute Gasteiger partial charge is 0.259 e. The fourth-order valence-corrected chi connectivity index (χ4v) is 5.07. The quantitative estimate of drug-likeness (QED) is 0.721. The van der Waals surface area contributed by atoms with Crippen LogP contribution in [0.5, 0.6) is 0 Å². The maximum atomic E-state index is 14.0. The molecule has 0 bridgehead atoms. The van der Waals surface area contributed by atoms with Crippen molar-refractivity contribution in [2.24, 2.45) is 0 Å². The third-order valence-electron chi connectivity index (χ3n) is 4.36. The van der Waals surface area contributed by atoms with E-state index in [9.17, 15) is 17.6 Å². The van der Waals surface area contributed by atoms with Crippen LogP contribution in [0.25, 0.3) is 0 Å². The second kappa shape index (κ2) is 8.34. The van der Waals surface area contributed by atoms with Gasteiger partial charge in [0.2, 0.25) is 10.0 Å². The molecule has 2 aromatic rings. The van der Waals surface area contributed by atoms with Gasteiger partial charge in [0.25, 0.3) is 5.91 Å². The standard InChI is InChI=1S/C18H17Cl2FN2O4S/c1-22(16-5-3-2-4-15(16)21)18(24)12-10-17(14(20)11-13(12)19)28(25,26)23-6-8-27-9-7-23/h2-5,10-11H,6-9H2,1H3. The molecule has 0 saturated carbocycles. The van der Waals surface area contributed by atoms with Crippen LogP contribution in [0.1, 0.15) is 10.4 Å². The van der Waals surface area contributed by atoms with Crippen molar-refractivity contribution in [3.05, 3.63) is 57.8 Å². The summed E-state index contributed by atoms with van der Waals surface area (Å²) in [6.45, 7) is 0.901. The number of hydrogen-bond donors (Lipinski definition) is 0. The number of sulfonamides is 1. The molecule has 1 saturated heterocycles. The summed E-state index contributed by atoms with van der Waals surface area (Å²) in [7, 11) is -2.57. The number of para-hydroxylation sites is 1. The molecule has 1 fully saturated rings. The summed E-state index contributed by atoms with van der Waals surface area (Å²) in [5, 5.41) is -0.124. The van der Waals surface area contributed by atoms with E-state index in [-0.39, 0.29) is 52.5 Å². The molecule has 1 aliphatic rings. The van der Waals surface area contributed by atoms with Crippen LogP contribution in [0.3, 0.4) is 0 Å². The first-order valence-electron chi connectivity index (χ1n) is 8.33. The molecule has 0 aromatic heterocycles. The highest BCUT2D eigenvalue weighted by Crippen LogP contribution is 2.32. The number of carbonyl (C=O) groups is 1. The molecule has 1 amide bonds. The van der Waals surface area contributed by atoms with Crippen LogP contribution in [-0.2, 0) is 14.8 Å². The number of halogens is 3. The molecule has 1 aliphatic heterocycles. The van der Waals surface area contributed by atoms with Gasteiger partial charge in [-0.25, -0.2) is 12.8 Å². The van der Waals surface area contributed by atoms with Crippen molar-refractivity contribution in [1.82, 2.24) is 4.31 Å². The zero-order chi connectivity index (χ0) is 20.5. The lowest BCUT2D eigenvalue weighted by Gasteiger charge is -2.27. The number of benzene rings is 2. The first-order valence-corrected chi connectivity index (χ1v) is 10.5. The lowest BCUT2D eigenvalue weighted by Crippen LogP contribution is -2.40. The molecule has 28 heavy (non-hydrogen) atoms. The van der Waals surface area contributed by atoms with Crippen molar-refractivity contribution in [2.75, 3.05) is 38.3 Å². The second-order valence-electron chi connectivity index (χ2n) is 6.09. The molecule has 0 N–H and O–H groups in total. The number of ether oxygens (including phenoxy) is 1. The number of nitrogens with zero attached hydrogens (tertiary/aromatic N) is 2. The number of amides is 1. The maximum Gasteiger partial charge on any atom is 0.259 e. The van der Waals surface area contributed by atoms with Gasteiger partial charge in [-0.05, 0) is 24.3 Å². The minimum absolute atomic E-state index is 0.0286. The summed E-state index contributed by atoms with van der Waals surface area (Å²) in [5.41, 5.74) is -0.0558. The van der Waals surface area contributed by atoms with Gasteiger partial charge in [-0.1, -0.05) is 35.3 Å². The Morgan fingerprint density at radius 1 is 1.14 bits per heavy atom. The molecule has 6 nitrogen and oxygen atoms in total. The van der Waals surface area contributed by atoms with E-state index in [0.717, 1.165) is 11.0 Å². The Morgan fingerprint density at radius 2 is 1.79 bits per heavy atom. The minimum Gasteiger partial charge on any atom is -0.379 e. The highest BCUT2D eigenvalue weighted by atomic mass is 35.5. The lowest BCUT2D eigenvalue weighted by molar-refractivity contribution is 0.0730. The summed E-state index contributed by atoms with van der Waals surface area (Å²) in [6.07, 6.45) is 0. The van der Waals surface area contributed by atoms with Crippen LogP contribution in [-0.4, -0.2) is 52.0 Å². The molecule has 0 atom stereocenters. The van der Waals surface area contributed by atoms with Crippen LogP contribution < -0.4 is 4.90 Å². The van der Waals surface area contributed by atoms with Crippen LogP contribution in [0, 0.1) is 5.82 Å². The van der Waals surface area contributed by atoms with Crippen LogP contribution in [0.15, 0.2) is 41.3 Å². The normalized spacial score (nSPS) is 15.4. The van der Waals surface area contributed by atoms with E-state index < -0.39 is 21.7 Å². The van der Waals surface area contributed by atoms with Gasteiger partial charge >= 0.3 is 0 Å². The number of hydrogen-bond acceptors (Lipinski definition) is 4. The molecule has 10 heteroatoms. The summed E-state index contributed by atoms with van der Waals surface area (Å²) < 4.78 is 46.3. The summed E-state index contributed by atoms with van der Waals surface area (Å²) >= 11 is 12.3. The van der Waals surface area contributed by atoms with Gasteiger partial charge in [0.15, 0.2) is 0 Å². The van der Waals surface area contributed by atoms with Crippen molar-refractivity contribution in [3.63, 3.8) is 0 Å². The third kappa shape index (κ3) is 4.01. The van der Waals surface area contributed by atoms with Gasteiger partial charge in [-0.2, -0.15) is 4.31 Å². The van der Waals surface area contributed by atoms with Crippen molar-refractivity contribution >= 4 is 44.8 Å². The molecule has 3 rings (SSSR count). The monoisotopic (exact) mass is 446 g/mol. The van der Waals surface area contributed by atoms with E-state index in [1.807, 2.05) is 0 Å². The van der Waals surface area contributed by atoms with E-state index >= 15 is 0 Å². The Morgan fingerprint density at radius 3 is 2.43 bits per heavy atom. The molecular weight excluding hydrogens is 430 g/mol. The van der Waals surface area contributed by atoms with Gasteiger partial charge in [-0.3, -0.25) is 4.79 Å². The molecule has 2 aromatic carbocycles. The Labute approximate surface area is 172 Å². The third-order valence-corrected chi connectivity index (χ3v) is 7.03. The van der Waals surface area contributed by atoms with Gasteiger partial charge in [0.1, 0.15) is 10.7 Å². The predicted molar refractivity (Wildman–Crippen MR) is 105 cm³/mol. The average molecular weight is 447 g/mol. The van der Waals surface area contributed by atoms with Crippen molar-refractivity contribution in [1.29, 1.82) is 0 Å². The highest BCUT2D eigenvalue weighted by molar-refractivity contribution is 7.89. The topological polar surface area (TPSA) is 66.9 Å². The zero-order valence-corrected chi connectivity index (χ0v) is 17.2.